The molecule has 1 rings (SSSR count). The van der Waals surface area contributed by atoms with Crippen LogP contribution in [-0.2, 0) is 9.22 Å². The lowest BCUT2D eigenvalue weighted by Crippen LogP contribution is -2.47. The standard InChI is InChI=1S/C16H29NO2Si/c1-8-10-13-14(12-15(18)17(13)11-9-2)19-20(6,7)16(3,4)5/h8-9,13-14H,1-2,10-12H2,3-7H3/t13-,14-/m1/s1. The van der Waals surface area contributed by atoms with Crippen LogP contribution in [0.25, 0.3) is 0 Å². The van der Waals surface area contributed by atoms with E-state index in [0.717, 1.165) is 6.42 Å². The van der Waals surface area contributed by atoms with Gasteiger partial charge in [0.05, 0.1) is 18.6 Å². The van der Waals surface area contributed by atoms with Gasteiger partial charge in [-0.2, -0.15) is 0 Å². The number of carbonyl (C=O) groups excluding carboxylic acids is 1. The topological polar surface area (TPSA) is 29.5 Å². The van der Waals surface area contributed by atoms with Gasteiger partial charge in [0.25, 0.3) is 0 Å². The van der Waals surface area contributed by atoms with Gasteiger partial charge in [0.1, 0.15) is 0 Å². The first-order chi connectivity index (χ1) is 9.14. The van der Waals surface area contributed by atoms with Gasteiger partial charge in [0.2, 0.25) is 5.91 Å². The highest BCUT2D eigenvalue weighted by Crippen LogP contribution is 2.39. The van der Waals surface area contributed by atoms with Crippen LogP contribution in [0.2, 0.25) is 18.1 Å². The smallest absolute Gasteiger partial charge is 0.225 e. The van der Waals surface area contributed by atoms with Crippen molar-refractivity contribution < 1.29 is 9.22 Å². The Morgan fingerprint density at radius 2 is 1.95 bits per heavy atom. The average Bonchev–Trinajstić information content (AvgIpc) is 2.56. The van der Waals surface area contributed by atoms with Gasteiger partial charge in [0.15, 0.2) is 8.32 Å². The van der Waals surface area contributed by atoms with E-state index < -0.39 is 8.32 Å². The summed E-state index contributed by atoms with van der Waals surface area (Å²) in [5, 5.41) is 0.153. The highest BCUT2D eigenvalue weighted by molar-refractivity contribution is 6.74. The van der Waals surface area contributed by atoms with Crippen molar-refractivity contribution in [2.45, 2.75) is 63.9 Å². The van der Waals surface area contributed by atoms with Crippen molar-refractivity contribution in [3.63, 3.8) is 0 Å². The molecule has 1 heterocycles. The van der Waals surface area contributed by atoms with Crippen molar-refractivity contribution in [2.24, 2.45) is 0 Å². The first kappa shape index (κ1) is 17.2. The summed E-state index contributed by atoms with van der Waals surface area (Å²) in [7, 11) is -1.86. The molecular weight excluding hydrogens is 266 g/mol. The third-order valence-electron chi connectivity index (χ3n) is 4.51. The van der Waals surface area contributed by atoms with Gasteiger partial charge >= 0.3 is 0 Å². The monoisotopic (exact) mass is 295 g/mol. The molecule has 0 saturated carbocycles. The quantitative estimate of drug-likeness (QED) is 0.552. The Bertz CT molecular complexity index is 384. The maximum absolute atomic E-state index is 12.2. The fraction of sp³-hybridized carbons (Fsp3) is 0.688. The fourth-order valence-electron chi connectivity index (χ4n) is 2.31. The Morgan fingerprint density at radius 1 is 1.35 bits per heavy atom. The van der Waals surface area contributed by atoms with Crippen LogP contribution in [0, 0.1) is 0 Å². The molecule has 114 valence electrons. The molecule has 0 spiro atoms. The Labute approximate surface area is 124 Å². The first-order valence-electron chi connectivity index (χ1n) is 7.33. The lowest BCUT2D eigenvalue weighted by atomic mass is 10.1. The zero-order valence-corrected chi connectivity index (χ0v) is 14.6. The maximum Gasteiger partial charge on any atom is 0.225 e. The van der Waals surface area contributed by atoms with Crippen LogP contribution >= 0.6 is 0 Å². The normalized spacial score (nSPS) is 24.1. The van der Waals surface area contributed by atoms with Crippen molar-refractivity contribution in [3.05, 3.63) is 25.3 Å². The molecule has 20 heavy (non-hydrogen) atoms. The highest BCUT2D eigenvalue weighted by atomic mass is 28.4. The zero-order valence-electron chi connectivity index (χ0n) is 13.6. The van der Waals surface area contributed by atoms with E-state index in [1.807, 2.05) is 11.0 Å². The van der Waals surface area contributed by atoms with Crippen LogP contribution in [0.4, 0.5) is 0 Å². The average molecular weight is 295 g/mol. The molecule has 0 aromatic carbocycles. The predicted molar refractivity (Wildman–Crippen MR) is 87.2 cm³/mol. The van der Waals surface area contributed by atoms with Crippen LogP contribution in [-0.4, -0.2) is 37.8 Å². The Balaban J connectivity index is 2.91. The van der Waals surface area contributed by atoms with Gasteiger partial charge in [-0.3, -0.25) is 4.79 Å². The summed E-state index contributed by atoms with van der Waals surface area (Å²) in [6.07, 6.45) is 4.91. The molecule has 1 aliphatic heterocycles. The third-order valence-corrected chi connectivity index (χ3v) is 9.02. The number of nitrogens with zero attached hydrogens (tertiary/aromatic N) is 1. The fourth-order valence-corrected chi connectivity index (χ4v) is 3.66. The van der Waals surface area contributed by atoms with Crippen molar-refractivity contribution in [1.29, 1.82) is 0 Å². The van der Waals surface area contributed by atoms with E-state index in [1.54, 1.807) is 6.08 Å². The molecule has 2 atom stereocenters. The van der Waals surface area contributed by atoms with Crippen molar-refractivity contribution in [1.82, 2.24) is 4.90 Å². The SMILES string of the molecule is C=CC[C@@H]1[C@H](O[Si](C)(C)C(C)(C)C)CC(=O)N1CC=C. The summed E-state index contributed by atoms with van der Waals surface area (Å²) >= 11 is 0. The lowest BCUT2D eigenvalue weighted by molar-refractivity contribution is -0.128. The predicted octanol–water partition coefficient (Wildman–Crippen LogP) is 3.74. The van der Waals surface area contributed by atoms with Gasteiger partial charge in [0, 0.05) is 6.54 Å². The van der Waals surface area contributed by atoms with E-state index in [9.17, 15) is 4.79 Å². The minimum absolute atomic E-state index is 0.0126. The molecular formula is C16H29NO2Si. The van der Waals surface area contributed by atoms with E-state index in [4.69, 9.17) is 4.43 Å². The molecule has 1 fully saturated rings. The molecule has 4 heteroatoms. The van der Waals surface area contributed by atoms with E-state index in [1.165, 1.54) is 0 Å². The highest BCUT2D eigenvalue weighted by Gasteiger charge is 2.45. The van der Waals surface area contributed by atoms with E-state index in [2.05, 4.69) is 47.0 Å². The third kappa shape index (κ3) is 3.61. The van der Waals surface area contributed by atoms with Gasteiger partial charge in [-0.05, 0) is 24.6 Å². The summed E-state index contributed by atoms with van der Waals surface area (Å²) in [4.78, 5) is 14.1. The number of rotatable bonds is 6. The number of hydrogen-bond donors (Lipinski definition) is 0. The summed E-state index contributed by atoms with van der Waals surface area (Å²) in [5.41, 5.74) is 0. The molecule has 0 aromatic rings. The summed E-state index contributed by atoms with van der Waals surface area (Å²) in [6, 6.07) is 0.104. The molecule has 0 unspecified atom stereocenters. The van der Waals surface area contributed by atoms with Crippen LogP contribution in [0.15, 0.2) is 25.3 Å². The van der Waals surface area contributed by atoms with Crippen LogP contribution in [0.3, 0.4) is 0 Å². The van der Waals surface area contributed by atoms with Crippen LogP contribution in [0.1, 0.15) is 33.6 Å². The molecule has 1 aliphatic rings. The minimum atomic E-state index is -1.86. The Kier molecular flexibility index (Phi) is 5.38. The maximum atomic E-state index is 12.2. The van der Waals surface area contributed by atoms with Gasteiger partial charge in [-0.1, -0.05) is 32.9 Å². The summed E-state index contributed by atoms with van der Waals surface area (Å²) in [6.45, 7) is 19.3. The Hall–Kier alpha value is -0.873. The van der Waals surface area contributed by atoms with Crippen molar-refractivity contribution >= 4 is 14.2 Å². The lowest BCUT2D eigenvalue weighted by Gasteiger charge is -2.40. The van der Waals surface area contributed by atoms with Gasteiger partial charge in [-0.25, -0.2) is 0 Å². The van der Waals surface area contributed by atoms with E-state index >= 15 is 0 Å². The van der Waals surface area contributed by atoms with Gasteiger partial charge < -0.3 is 9.33 Å². The number of hydrogen-bond acceptors (Lipinski definition) is 2. The Morgan fingerprint density at radius 3 is 2.40 bits per heavy atom. The molecule has 0 radical (unpaired) electrons. The molecule has 1 saturated heterocycles. The number of carbonyl (C=O) groups is 1. The van der Waals surface area contributed by atoms with E-state index in [-0.39, 0.29) is 23.1 Å². The molecule has 0 aliphatic carbocycles. The summed E-state index contributed by atoms with van der Waals surface area (Å²) in [5.74, 6) is 0.167. The molecule has 1 amide bonds. The van der Waals surface area contributed by atoms with Crippen molar-refractivity contribution in [3.8, 4) is 0 Å². The second kappa shape index (κ2) is 6.27. The van der Waals surface area contributed by atoms with E-state index in [0.29, 0.717) is 13.0 Å². The van der Waals surface area contributed by atoms with Crippen molar-refractivity contribution in [2.75, 3.05) is 6.54 Å². The molecule has 0 N–H and O–H groups in total. The first-order valence-corrected chi connectivity index (χ1v) is 10.2. The molecule has 0 bridgehead atoms. The zero-order chi connectivity index (χ0) is 15.6. The number of likely N-dealkylation sites (tertiary alicyclic amines) is 1. The summed E-state index contributed by atoms with van der Waals surface area (Å²) < 4.78 is 6.47. The minimum Gasteiger partial charge on any atom is -0.411 e. The largest absolute Gasteiger partial charge is 0.411 e. The van der Waals surface area contributed by atoms with Crippen LogP contribution in [0.5, 0.6) is 0 Å². The molecule has 0 aromatic heterocycles. The second-order valence-corrected chi connectivity index (χ2v) is 11.8. The molecule has 3 nitrogen and oxygen atoms in total. The van der Waals surface area contributed by atoms with Gasteiger partial charge in [-0.15, -0.1) is 13.2 Å². The second-order valence-electron chi connectivity index (χ2n) is 7.05. The number of amides is 1. The van der Waals surface area contributed by atoms with Crippen LogP contribution < -0.4 is 0 Å².